The van der Waals surface area contributed by atoms with Gasteiger partial charge < -0.3 is 20.5 Å². The number of benzene rings is 2. The summed E-state index contributed by atoms with van der Waals surface area (Å²) in [6.07, 6.45) is 3.55. The SMILES string of the molecule is Cc1ccc2c(ccn2C(C)C(=O)N2CCN(c3ccc(S(=O)(=O)Nc4nccs4)cc3)CC2C)c1.N.[HH]. The number of aromatic nitrogens is 2. The molecule has 2 aromatic carbocycles. The maximum absolute atomic E-state index is 13.5. The molecule has 1 aliphatic rings. The summed E-state index contributed by atoms with van der Waals surface area (Å²) in [4.78, 5) is 21.8. The fraction of sp³-hybridized carbons (Fsp3) is 0.308. The molecule has 2 aromatic heterocycles. The van der Waals surface area contributed by atoms with Crippen molar-refractivity contribution >= 4 is 49.0 Å². The maximum atomic E-state index is 13.5. The lowest BCUT2D eigenvalue weighted by atomic mass is 10.1. The molecule has 1 saturated heterocycles. The Hall–Kier alpha value is -3.41. The number of anilines is 2. The molecule has 198 valence electrons. The van der Waals surface area contributed by atoms with Gasteiger partial charge in [0, 0.05) is 56.1 Å². The van der Waals surface area contributed by atoms with Crippen LogP contribution in [0.5, 0.6) is 0 Å². The molecule has 2 atom stereocenters. The summed E-state index contributed by atoms with van der Waals surface area (Å²) in [5, 5.41) is 3.19. The molecule has 1 fully saturated rings. The Morgan fingerprint density at radius 1 is 1.16 bits per heavy atom. The highest BCUT2D eigenvalue weighted by molar-refractivity contribution is 7.93. The molecule has 1 aliphatic heterocycles. The van der Waals surface area contributed by atoms with Gasteiger partial charge in [-0.2, -0.15) is 0 Å². The van der Waals surface area contributed by atoms with E-state index < -0.39 is 10.0 Å². The molecule has 11 heteroatoms. The molecule has 37 heavy (non-hydrogen) atoms. The van der Waals surface area contributed by atoms with E-state index in [1.807, 2.05) is 30.2 Å². The number of rotatable bonds is 6. The first-order chi connectivity index (χ1) is 17.2. The Morgan fingerprint density at radius 3 is 2.59 bits per heavy atom. The largest absolute Gasteiger partial charge is 0.368 e. The van der Waals surface area contributed by atoms with Crippen LogP contribution in [-0.2, 0) is 14.8 Å². The van der Waals surface area contributed by atoms with Crippen molar-refractivity contribution in [1.29, 1.82) is 0 Å². The minimum Gasteiger partial charge on any atom is -0.368 e. The van der Waals surface area contributed by atoms with Crippen molar-refractivity contribution in [3.63, 3.8) is 0 Å². The molecule has 0 aliphatic carbocycles. The number of piperazine rings is 1. The highest BCUT2D eigenvalue weighted by Gasteiger charge is 2.31. The number of carbonyl (C=O) groups excluding carboxylic acids is 1. The number of nitrogens with zero attached hydrogens (tertiary/aromatic N) is 4. The van der Waals surface area contributed by atoms with Crippen LogP contribution in [0.4, 0.5) is 10.8 Å². The van der Waals surface area contributed by atoms with E-state index in [1.165, 1.54) is 16.9 Å². The highest BCUT2D eigenvalue weighted by Crippen LogP contribution is 2.26. The Balaban J connectivity index is 0.00000200. The van der Waals surface area contributed by atoms with Gasteiger partial charge >= 0.3 is 0 Å². The summed E-state index contributed by atoms with van der Waals surface area (Å²) >= 11 is 1.23. The number of nitrogens with one attached hydrogen (secondary N) is 1. The van der Waals surface area contributed by atoms with Gasteiger partial charge in [-0.25, -0.2) is 13.4 Å². The Kier molecular flexibility index (Phi) is 7.58. The van der Waals surface area contributed by atoms with Gasteiger partial charge in [-0.05, 0) is 68.6 Å². The van der Waals surface area contributed by atoms with Crippen LogP contribution in [0.15, 0.2) is 71.2 Å². The number of amides is 1. The number of hydrogen-bond acceptors (Lipinski definition) is 7. The predicted octanol–water partition coefficient (Wildman–Crippen LogP) is 4.91. The molecule has 5 rings (SSSR count). The summed E-state index contributed by atoms with van der Waals surface area (Å²) in [5.41, 5.74) is 3.19. The first kappa shape index (κ1) is 26.6. The summed E-state index contributed by atoms with van der Waals surface area (Å²) < 4.78 is 29.8. The van der Waals surface area contributed by atoms with Crippen LogP contribution in [0.25, 0.3) is 10.9 Å². The number of thiazole rings is 1. The molecule has 4 N–H and O–H groups in total. The topological polar surface area (TPSA) is 123 Å². The quantitative estimate of drug-likeness (QED) is 0.357. The van der Waals surface area contributed by atoms with Crippen LogP contribution < -0.4 is 15.8 Å². The molecule has 4 aromatic rings. The summed E-state index contributed by atoms with van der Waals surface area (Å²) in [6, 6.07) is 14.9. The van der Waals surface area contributed by atoms with E-state index in [0.717, 1.165) is 16.6 Å². The standard InChI is InChI=1S/C26H29N5O3S2.H3N.H2/c1-18-4-9-24-21(16-18)10-12-31(24)20(3)25(32)30-14-13-29(17-19(30)2)22-5-7-23(8-6-22)36(33,34)28-26-27-11-15-35-26;;/h4-12,15-16,19-20H,13-14,17H2,1-3H3,(H,27,28);1H3;1H. The predicted molar refractivity (Wildman–Crippen MR) is 151 cm³/mol. The molecule has 0 saturated carbocycles. The fourth-order valence-corrected chi connectivity index (χ4v) is 6.57. The molecule has 9 nitrogen and oxygen atoms in total. The molecule has 0 spiro atoms. The van der Waals surface area contributed by atoms with Gasteiger partial charge in [-0.1, -0.05) is 11.6 Å². The summed E-state index contributed by atoms with van der Waals surface area (Å²) in [5.74, 6) is 0.106. The van der Waals surface area contributed by atoms with Crippen LogP contribution in [0.1, 0.15) is 26.9 Å². The van der Waals surface area contributed by atoms with E-state index in [-0.39, 0.29) is 30.5 Å². The van der Waals surface area contributed by atoms with Crippen LogP contribution in [-0.4, -0.2) is 54.5 Å². The number of fused-ring (bicyclic) bond motifs is 1. The van der Waals surface area contributed by atoms with Crippen molar-refractivity contribution in [3.8, 4) is 0 Å². The zero-order valence-electron chi connectivity index (χ0n) is 21.2. The Bertz CT molecular complexity index is 1490. The van der Waals surface area contributed by atoms with Crippen molar-refractivity contribution in [2.75, 3.05) is 29.3 Å². The van der Waals surface area contributed by atoms with E-state index >= 15 is 0 Å². The molecule has 0 bridgehead atoms. The highest BCUT2D eigenvalue weighted by atomic mass is 32.2. The second-order valence-electron chi connectivity index (χ2n) is 9.22. The van der Waals surface area contributed by atoms with Gasteiger partial charge in [0.25, 0.3) is 10.0 Å². The number of hydrogen-bond donors (Lipinski definition) is 2. The third-order valence-corrected chi connectivity index (χ3v) is 8.90. The lowest BCUT2D eigenvalue weighted by Crippen LogP contribution is -2.55. The van der Waals surface area contributed by atoms with Crippen molar-refractivity contribution < 1.29 is 14.6 Å². The molecular weight excluding hydrogens is 508 g/mol. The second kappa shape index (κ2) is 10.5. The van der Waals surface area contributed by atoms with Gasteiger partial charge in [0.15, 0.2) is 5.13 Å². The van der Waals surface area contributed by atoms with Gasteiger partial charge in [0.1, 0.15) is 6.04 Å². The maximum Gasteiger partial charge on any atom is 0.263 e. The number of aryl methyl sites for hydroxylation is 1. The van der Waals surface area contributed by atoms with Gasteiger partial charge in [-0.3, -0.25) is 9.52 Å². The van der Waals surface area contributed by atoms with Crippen molar-refractivity contribution in [1.82, 2.24) is 20.6 Å². The number of carbonyl (C=O) groups is 1. The summed E-state index contributed by atoms with van der Waals surface area (Å²) in [6.45, 7) is 8.04. The Labute approximate surface area is 222 Å². The smallest absolute Gasteiger partial charge is 0.263 e. The fourth-order valence-electron chi connectivity index (χ4n) is 4.78. The van der Waals surface area contributed by atoms with Crippen molar-refractivity contribution in [2.45, 2.75) is 37.8 Å². The summed E-state index contributed by atoms with van der Waals surface area (Å²) in [7, 11) is -3.69. The molecule has 2 unspecified atom stereocenters. The number of sulfonamides is 1. The molecular formula is C26H34N6O3S2. The third kappa shape index (κ3) is 5.34. The van der Waals surface area contributed by atoms with Gasteiger partial charge in [0.2, 0.25) is 5.91 Å². The first-order valence-corrected chi connectivity index (χ1v) is 14.2. The zero-order valence-corrected chi connectivity index (χ0v) is 22.8. The molecule has 0 radical (unpaired) electrons. The van der Waals surface area contributed by atoms with Gasteiger partial charge in [-0.15, -0.1) is 11.3 Å². The lowest BCUT2D eigenvalue weighted by Gasteiger charge is -2.42. The minimum absolute atomic E-state index is 0. The van der Waals surface area contributed by atoms with Crippen molar-refractivity contribution in [3.05, 3.63) is 71.9 Å². The van der Waals surface area contributed by atoms with Crippen LogP contribution >= 0.6 is 11.3 Å². The van der Waals surface area contributed by atoms with Crippen LogP contribution in [0.3, 0.4) is 0 Å². The van der Waals surface area contributed by atoms with Crippen molar-refractivity contribution in [2.24, 2.45) is 0 Å². The Morgan fingerprint density at radius 2 is 1.92 bits per heavy atom. The first-order valence-electron chi connectivity index (χ1n) is 11.9. The van der Waals surface area contributed by atoms with Crippen LogP contribution in [0, 0.1) is 6.92 Å². The molecule has 1 amide bonds. The van der Waals surface area contributed by atoms with E-state index in [9.17, 15) is 13.2 Å². The van der Waals surface area contributed by atoms with Crippen LogP contribution in [0.2, 0.25) is 0 Å². The van der Waals surface area contributed by atoms with E-state index in [1.54, 1.807) is 23.7 Å². The van der Waals surface area contributed by atoms with E-state index in [0.29, 0.717) is 24.8 Å². The van der Waals surface area contributed by atoms with E-state index in [2.05, 4.69) is 57.3 Å². The van der Waals surface area contributed by atoms with Gasteiger partial charge in [0.05, 0.1) is 4.90 Å². The zero-order chi connectivity index (χ0) is 25.4. The monoisotopic (exact) mass is 542 g/mol. The average Bonchev–Trinajstić information content (AvgIpc) is 3.52. The second-order valence-corrected chi connectivity index (χ2v) is 11.8. The normalized spacial score (nSPS) is 16.9. The third-order valence-electron chi connectivity index (χ3n) is 6.73. The average molecular weight is 543 g/mol. The lowest BCUT2D eigenvalue weighted by molar-refractivity contribution is -0.136. The minimum atomic E-state index is -3.69. The molecule has 3 heterocycles. The van der Waals surface area contributed by atoms with E-state index in [4.69, 9.17) is 0 Å².